The van der Waals surface area contributed by atoms with Crippen molar-refractivity contribution in [3.63, 3.8) is 0 Å². The molecule has 0 radical (unpaired) electrons. The van der Waals surface area contributed by atoms with Gasteiger partial charge in [0.2, 0.25) is 5.95 Å². The lowest BCUT2D eigenvalue weighted by Crippen LogP contribution is -2.02. The quantitative estimate of drug-likeness (QED) is 0.833. The molecule has 1 aromatic carbocycles. The molecule has 84 valence electrons. The van der Waals surface area contributed by atoms with Crippen LogP contribution >= 0.6 is 0 Å². The molecule has 0 aliphatic carbocycles. The van der Waals surface area contributed by atoms with Crippen molar-refractivity contribution in [2.24, 2.45) is 0 Å². The van der Waals surface area contributed by atoms with Gasteiger partial charge >= 0.3 is 6.01 Å². The lowest BCUT2D eigenvalue weighted by molar-refractivity contribution is 0.437. The summed E-state index contributed by atoms with van der Waals surface area (Å²) in [5, 5.41) is 8.90. The standard InChI is InChI=1S/C11H9N5O/c1-7-14-10(13)16-11(15-7)17-9-5-3-2-4-8(9)6-12/h2-5H,1H3,(H2,13,14,15,16). The minimum Gasteiger partial charge on any atom is -0.423 e. The summed E-state index contributed by atoms with van der Waals surface area (Å²) in [6, 6.07) is 8.91. The molecule has 0 bridgehead atoms. The maximum Gasteiger partial charge on any atom is 0.327 e. The Kier molecular flexibility index (Phi) is 2.83. The highest BCUT2D eigenvalue weighted by molar-refractivity contribution is 5.43. The Morgan fingerprint density at radius 2 is 2.00 bits per heavy atom. The molecule has 1 heterocycles. The molecule has 0 aliphatic heterocycles. The molecule has 2 rings (SSSR count). The van der Waals surface area contributed by atoms with Gasteiger partial charge < -0.3 is 10.5 Å². The third kappa shape index (κ3) is 2.46. The number of nitriles is 1. The highest BCUT2D eigenvalue weighted by Crippen LogP contribution is 2.22. The average Bonchev–Trinajstić information content (AvgIpc) is 2.28. The van der Waals surface area contributed by atoms with E-state index < -0.39 is 0 Å². The van der Waals surface area contributed by atoms with E-state index in [0.29, 0.717) is 17.1 Å². The van der Waals surface area contributed by atoms with Gasteiger partial charge in [-0.3, -0.25) is 0 Å². The van der Waals surface area contributed by atoms with E-state index in [1.807, 2.05) is 6.07 Å². The van der Waals surface area contributed by atoms with E-state index >= 15 is 0 Å². The van der Waals surface area contributed by atoms with Gasteiger partial charge in [0.05, 0.1) is 5.56 Å². The lowest BCUT2D eigenvalue weighted by Gasteiger charge is -2.05. The number of benzene rings is 1. The molecule has 0 saturated heterocycles. The number of hydrogen-bond acceptors (Lipinski definition) is 6. The van der Waals surface area contributed by atoms with Crippen LogP contribution in [0.2, 0.25) is 0 Å². The molecule has 0 unspecified atom stereocenters. The molecule has 17 heavy (non-hydrogen) atoms. The molecule has 0 fully saturated rings. The van der Waals surface area contributed by atoms with Gasteiger partial charge in [-0.25, -0.2) is 0 Å². The Hall–Kier alpha value is -2.68. The summed E-state index contributed by atoms with van der Waals surface area (Å²) in [6.07, 6.45) is 0. The Morgan fingerprint density at radius 1 is 1.24 bits per heavy atom. The predicted molar refractivity (Wildman–Crippen MR) is 60.2 cm³/mol. The van der Waals surface area contributed by atoms with Crippen LogP contribution in [0.15, 0.2) is 24.3 Å². The maximum absolute atomic E-state index is 8.90. The summed E-state index contributed by atoms with van der Waals surface area (Å²) < 4.78 is 5.40. The van der Waals surface area contributed by atoms with E-state index in [4.69, 9.17) is 15.7 Å². The van der Waals surface area contributed by atoms with Crippen molar-refractivity contribution >= 4 is 5.95 Å². The number of nitrogen functional groups attached to an aromatic ring is 1. The Balaban J connectivity index is 2.35. The van der Waals surface area contributed by atoms with Crippen LogP contribution in [0.1, 0.15) is 11.4 Å². The van der Waals surface area contributed by atoms with Crippen LogP contribution in [-0.4, -0.2) is 15.0 Å². The number of aryl methyl sites for hydroxylation is 1. The van der Waals surface area contributed by atoms with Crippen LogP contribution in [0.3, 0.4) is 0 Å². The first-order valence-electron chi connectivity index (χ1n) is 4.84. The second-order valence-electron chi connectivity index (χ2n) is 3.23. The number of aromatic nitrogens is 3. The SMILES string of the molecule is Cc1nc(N)nc(Oc2ccccc2C#N)n1. The summed E-state index contributed by atoms with van der Waals surface area (Å²) in [5.74, 6) is 0.934. The molecule has 2 N–H and O–H groups in total. The van der Waals surface area contributed by atoms with Gasteiger partial charge in [0.25, 0.3) is 0 Å². The minimum absolute atomic E-state index is 0.0812. The largest absolute Gasteiger partial charge is 0.423 e. The molecular weight excluding hydrogens is 218 g/mol. The van der Waals surface area contributed by atoms with Crippen LogP contribution in [0.4, 0.5) is 5.95 Å². The molecule has 0 amide bonds. The van der Waals surface area contributed by atoms with Gasteiger partial charge in [-0.2, -0.15) is 20.2 Å². The number of ether oxygens (including phenoxy) is 1. The van der Waals surface area contributed by atoms with Crippen molar-refractivity contribution < 1.29 is 4.74 Å². The zero-order valence-corrected chi connectivity index (χ0v) is 9.08. The predicted octanol–water partition coefficient (Wildman–Crippen LogP) is 1.43. The summed E-state index contributed by atoms with van der Waals surface area (Å²) in [6.45, 7) is 1.68. The van der Waals surface area contributed by atoms with E-state index in [2.05, 4.69) is 15.0 Å². The number of hydrogen-bond donors (Lipinski definition) is 1. The van der Waals surface area contributed by atoms with Crippen LogP contribution in [0.5, 0.6) is 11.8 Å². The number of nitrogens with two attached hydrogens (primary N) is 1. The van der Waals surface area contributed by atoms with Crippen LogP contribution < -0.4 is 10.5 Å². The van der Waals surface area contributed by atoms with E-state index in [-0.39, 0.29) is 12.0 Å². The first-order valence-corrected chi connectivity index (χ1v) is 4.84. The summed E-state index contributed by atoms with van der Waals surface area (Å²) >= 11 is 0. The smallest absolute Gasteiger partial charge is 0.327 e. The van der Waals surface area contributed by atoms with Crippen molar-refractivity contribution in [2.75, 3.05) is 5.73 Å². The zero-order valence-electron chi connectivity index (χ0n) is 9.08. The Labute approximate surface area is 97.7 Å². The third-order valence-corrected chi connectivity index (χ3v) is 1.95. The van der Waals surface area contributed by atoms with Crippen LogP contribution in [0.25, 0.3) is 0 Å². The zero-order chi connectivity index (χ0) is 12.3. The average molecular weight is 227 g/mol. The first kappa shape index (κ1) is 10.8. The van der Waals surface area contributed by atoms with E-state index in [1.54, 1.807) is 31.2 Å². The van der Waals surface area contributed by atoms with Gasteiger partial charge in [-0.05, 0) is 19.1 Å². The molecule has 0 spiro atoms. The monoisotopic (exact) mass is 227 g/mol. The van der Waals surface area contributed by atoms with Crippen LogP contribution in [0, 0.1) is 18.3 Å². The maximum atomic E-state index is 8.90. The second kappa shape index (κ2) is 4.45. The third-order valence-electron chi connectivity index (χ3n) is 1.95. The highest BCUT2D eigenvalue weighted by Gasteiger charge is 2.07. The van der Waals surface area contributed by atoms with Crippen molar-refractivity contribution in [3.8, 4) is 17.8 Å². The van der Waals surface area contributed by atoms with E-state index in [0.717, 1.165) is 0 Å². The Bertz CT molecular complexity index is 570. The lowest BCUT2D eigenvalue weighted by atomic mass is 10.2. The van der Waals surface area contributed by atoms with Gasteiger partial charge in [-0.15, -0.1) is 0 Å². The van der Waals surface area contributed by atoms with Gasteiger partial charge in [0.1, 0.15) is 17.6 Å². The van der Waals surface area contributed by atoms with Crippen LogP contribution in [-0.2, 0) is 0 Å². The summed E-state index contributed by atoms with van der Waals surface area (Å²) in [7, 11) is 0. The molecule has 0 saturated carbocycles. The summed E-state index contributed by atoms with van der Waals surface area (Å²) in [5.41, 5.74) is 5.88. The van der Waals surface area contributed by atoms with E-state index in [9.17, 15) is 0 Å². The van der Waals surface area contributed by atoms with Crippen molar-refractivity contribution in [1.82, 2.24) is 15.0 Å². The number of nitrogens with zero attached hydrogens (tertiary/aromatic N) is 4. The number of anilines is 1. The van der Waals surface area contributed by atoms with Crippen molar-refractivity contribution in [1.29, 1.82) is 5.26 Å². The highest BCUT2D eigenvalue weighted by atomic mass is 16.5. The van der Waals surface area contributed by atoms with Gasteiger partial charge in [0.15, 0.2) is 0 Å². The fraction of sp³-hybridized carbons (Fsp3) is 0.0909. The fourth-order valence-electron chi connectivity index (χ4n) is 1.27. The number of para-hydroxylation sites is 1. The van der Waals surface area contributed by atoms with E-state index in [1.165, 1.54) is 0 Å². The topological polar surface area (TPSA) is 97.7 Å². The molecule has 2 aromatic rings. The second-order valence-corrected chi connectivity index (χ2v) is 3.23. The van der Waals surface area contributed by atoms with Gasteiger partial charge in [0, 0.05) is 0 Å². The van der Waals surface area contributed by atoms with Gasteiger partial charge in [-0.1, -0.05) is 12.1 Å². The Morgan fingerprint density at radius 3 is 2.71 bits per heavy atom. The minimum atomic E-state index is 0.0812. The van der Waals surface area contributed by atoms with Crippen molar-refractivity contribution in [2.45, 2.75) is 6.92 Å². The van der Waals surface area contributed by atoms with Crippen molar-refractivity contribution in [3.05, 3.63) is 35.7 Å². The molecule has 6 heteroatoms. The normalized spacial score (nSPS) is 9.65. The molecule has 6 nitrogen and oxygen atoms in total. The molecule has 0 atom stereocenters. The summed E-state index contributed by atoms with van der Waals surface area (Å²) in [4.78, 5) is 11.6. The fourth-order valence-corrected chi connectivity index (χ4v) is 1.27. The first-order chi connectivity index (χ1) is 8.19. The molecule has 0 aliphatic rings. The molecular formula is C11H9N5O. The molecule has 1 aromatic heterocycles. The number of rotatable bonds is 2.